The maximum Gasteiger partial charge on any atom is 0.226 e. The van der Waals surface area contributed by atoms with Crippen molar-refractivity contribution < 1.29 is 4.39 Å². The number of rotatable bonds is 2. The van der Waals surface area contributed by atoms with Gasteiger partial charge in [0.2, 0.25) is 10.7 Å². The van der Waals surface area contributed by atoms with E-state index in [0.717, 1.165) is 0 Å². The highest BCUT2D eigenvalue weighted by Crippen LogP contribution is 2.21. The normalized spacial score (nSPS) is 10.5. The van der Waals surface area contributed by atoms with Gasteiger partial charge in [0.25, 0.3) is 0 Å². The smallest absolute Gasteiger partial charge is 0.226 e. The van der Waals surface area contributed by atoms with Crippen molar-refractivity contribution in [3.63, 3.8) is 0 Å². The topological polar surface area (TPSA) is 42.7 Å². The van der Waals surface area contributed by atoms with Crippen LogP contribution in [0, 0.1) is 5.82 Å². The van der Waals surface area contributed by atoms with Gasteiger partial charge in [0.15, 0.2) is 0 Å². The van der Waals surface area contributed by atoms with Crippen molar-refractivity contribution in [1.29, 1.82) is 0 Å². The Morgan fingerprint density at radius 2 is 2.25 bits per heavy atom. The summed E-state index contributed by atoms with van der Waals surface area (Å²) in [7, 11) is 1.73. The first-order chi connectivity index (χ1) is 7.56. The zero-order chi connectivity index (χ0) is 11.7. The lowest BCUT2D eigenvalue weighted by Gasteiger charge is -2.04. The number of aromatic nitrogens is 3. The van der Waals surface area contributed by atoms with Crippen LogP contribution >= 0.6 is 27.5 Å². The Bertz CT molecular complexity index is 528. The molecule has 0 aliphatic heterocycles. The second-order valence-corrected chi connectivity index (χ2v) is 4.20. The molecule has 2 aromatic rings. The number of hydrogen-bond acceptors (Lipinski definition) is 3. The van der Waals surface area contributed by atoms with Gasteiger partial charge in [-0.1, -0.05) is 11.6 Å². The molecule has 0 aliphatic carbocycles. The van der Waals surface area contributed by atoms with Gasteiger partial charge >= 0.3 is 0 Å². The van der Waals surface area contributed by atoms with Crippen molar-refractivity contribution >= 4 is 39.2 Å². The van der Waals surface area contributed by atoms with E-state index >= 15 is 0 Å². The number of aryl methyl sites for hydroxylation is 1. The largest absolute Gasteiger partial charge is 0.324 e. The summed E-state index contributed by atoms with van der Waals surface area (Å²) in [5, 5.41) is 7.00. The van der Waals surface area contributed by atoms with Crippen molar-refractivity contribution in [3.05, 3.63) is 33.8 Å². The Labute approximate surface area is 105 Å². The van der Waals surface area contributed by atoms with Gasteiger partial charge in [-0.25, -0.2) is 9.07 Å². The highest BCUT2D eigenvalue weighted by Gasteiger charge is 2.06. The van der Waals surface area contributed by atoms with Crippen LogP contribution in [0.4, 0.5) is 16.0 Å². The first-order valence-corrected chi connectivity index (χ1v) is 5.52. The van der Waals surface area contributed by atoms with E-state index in [-0.39, 0.29) is 5.02 Å². The molecule has 1 aromatic carbocycles. The van der Waals surface area contributed by atoms with Crippen molar-refractivity contribution in [2.24, 2.45) is 7.05 Å². The quantitative estimate of drug-likeness (QED) is 0.927. The summed E-state index contributed by atoms with van der Waals surface area (Å²) in [6.07, 6.45) is 0. The summed E-state index contributed by atoms with van der Waals surface area (Å²) >= 11 is 8.72. The summed E-state index contributed by atoms with van der Waals surface area (Å²) < 4.78 is 15.2. The first-order valence-electron chi connectivity index (χ1n) is 4.35. The van der Waals surface area contributed by atoms with Crippen LogP contribution < -0.4 is 5.32 Å². The lowest BCUT2D eigenvalue weighted by molar-refractivity contribution is 0.629. The summed E-state index contributed by atoms with van der Waals surface area (Å²) in [4.78, 5) is 4.06. The molecule has 16 heavy (non-hydrogen) atoms. The second-order valence-electron chi connectivity index (χ2n) is 3.08. The lowest BCUT2D eigenvalue weighted by atomic mass is 10.3. The van der Waals surface area contributed by atoms with Crippen molar-refractivity contribution in [3.8, 4) is 0 Å². The van der Waals surface area contributed by atoms with Crippen LogP contribution in [0.5, 0.6) is 0 Å². The number of anilines is 2. The summed E-state index contributed by atoms with van der Waals surface area (Å²) in [6, 6.07) is 4.43. The third-order valence-corrected chi connectivity index (χ3v) is 2.56. The summed E-state index contributed by atoms with van der Waals surface area (Å²) in [5.41, 5.74) is 0.560. The Hall–Kier alpha value is -1.14. The van der Waals surface area contributed by atoms with Crippen LogP contribution in [-0.4, -0.2) is 14.8 Å². The Morgan fingerprint density at radius 3 is 2.81 bits per heavy atom. The Balaban J connectivity index is 2.27. The molecule has 1 aromatic heterocycles. The Morgan fingerprint density at radius 1 is 1.50 bits per heavy atom. The van der Waals surface area contributed by atoms with Gasteiger partial charge in [0.1, 0.15) is 5.82 Å². The molecule has 2 rings (SSSR count). The predicted octanol–water partition coefficient (Wildman–Crippen LogP) is 3.11. The monoisotopic (exact) mass is 304 g/mol. The zero-order valence-corrected chi connectivity index (χ0v) is 10.5. The fourth-order valence-corrected chi connectivity index (χ4v) is 1.69. The SMILES string of the molecule is Cn1nc(Br)nc1Nc1ccc(Cl)c(F)c1. The van der Waals surface area contributed by atoms with Gasteiger partial charge in [-0.2, -0.15) is 4.98 Å². The molecule has 0 unspecified atom stereocenters. The molecule has 1 heterocycles. The van der Waals surface area contributed by atoms with E-state index in [4.69, 9.17) is 11.6 Å². The molecule has 0 bridgehead atoms. The molecule has 7 heteroatoms. The van der Waals surface area contributed by atoms with Crippen LogP contribution in [0.15, 0.2) is 22.9 Å². The van der Waals surface area contributed by atoms with E-state index in [0.29, 0.717) is 16.4 Å². The zero-order valence-electron chi connectivity index (χ0n) is 8.21. The Kier molecular flexibility index (Phi) is 3.11. The van der Waals surface area contributed by atoms with Crippen LogP contribution in [0.25, 0.3) is 0 Å². The molecule has 84 valence electrons. The van der Waals surface area contributed by atoms with Crippen LogP contribution in [0.2, 0.25) is 5.02 Å². The van der Waals surface area contributed by atoms with Crippen molar-refractivity contribution in [2.75, 3.05) is 5.32 Å². The van der Waals surface area contributed by atoms with Crippen LogP contribution in [0.3, 0.4) is 0 Å². The fraction of sp³-hybridized carbons (Fsp3) is 0.111. The number of benzene rings is 1. The van der Waals surface area contributed by atoms with E-state index in [1.165, 1.54) is 16.8 Å². The molecule has 0 radical (unpaired) electrons. The van der Waals surface area contributed by atoms with Gasteiger partial charge in [-0.15, -0.1) is 5.10 Å². The number of halogens is 3. The summed E-state index contributed by atoms with van der Waals surface area (Å²) in [6.45, 7) is 0. The van der Waals surface area contributed by atoms with Crippen LogP contribution in [0.1, 0.15) is 0 Å². The summed E-state index contributed by atoms with van der Waals surface area (Å²) in [5.74, 6) is 0.0292. The third kappa shape index (κ3) is 2.33. The highest BCUT2D eigenvalue weighted by atomic mass is 79.9. The number of nitrogens with one attached hydrogen (secondary N) is 1. The minimum Gasteiger partial charge on any atom is -0.324 e. The fourth-order valence-electron chi connectivity index (χ4n) is 1.17. The molecule has 0 fully saturated rings. The molecule has 0 aliphatic rings. The number of nitrogens with zero attached hydrogens (tertiary/aromatic N) is 3. The van der Waals surface area contributed by atoms with Gasteiger partial charge in [-0.3, -0.25) is 0 Å². The maximum atomic E-state index is 13.2. The molecule has 0 amide bonds. The predicted molar refractivity (Wildman–Crippen MR) is 63.4 cm³/mol. The van der Waals surface area contributed by atoms with E-state index < -0.39 is 5.82 Å². The molecular weight excluding hydrogens is 298 g/mol. The molecule has 0 atom stereocenters. The average molecular weight is 306 g/mol. The minimum absolute atomic E-state index is 0.0877. The standard InChI is InChI=1S/C9H7BrClFN4/c1-16-9(14-8(10)15-16)13-5-2-3-6(11)7(12)4-5/h2-4H,1H3,(H,13,14,15). The van der Waals surface area contributed by atoms with Crippen molar-refractivity contribution in [2.45, 2.75) is 0 Å². The molecule has 0 saturated heterocycles. The third-order valence-electron chi connectivity index (χ3n) is 1.91. The first kappa shape index (κ1) is 11.3. The van der Waals surface area contributed by atoms with E-state index in [2.05, 4.69) is 31.3 Å². The molecule has 0 spiro atoms. The van der Waals surface area contributed by atoms with E-state index in [1.54, 1.807) is 13.1 Å². The van der Waals surface area contributed by atoms with E-state index in [9.17, 15) is 4.39 Å². The maximum absolute atomic E-state index is 13.2. The van der Waals surface area contributed by atoms with Crippen LogP contribution in [-0.2, 0) is 7.05 Å². The number of hydrogen-bond donors (Lipinski definition) is 1. The molecular formula is C9H7BrClFN4. The van der Waals surface area contributed by atoms with E-state index in [1.807, 2.05) is 0 Å². The molecule has 4 nitrogen and oxygen atoms in total. The minimum atomic E-state index is -0.479. The lowest BCUT2D eigenvalue weighted by Crippen LogP contribution is -2.00. The van der Waals surface area contributed by atoms with Gasteiger partial charge in [0, 0.05) is 12.7 Å². The molecule has 1 N–H and O–H groups in total. The van der Waals surface area contributed by atoms with Gasteiger partial charge < -0.3 is 5.32 Å². The van der Waals surface area contributed by atoms with Gasteiger partial charge in [0.05, 0.1) is 5.02 Å². The average Bonchev–Trinajstić information content (AvgIpc) is 2.51. The highest BCUT2D eigenvalue weighted by molar-refractivity contribution is 9.10. The van der Waals surface area contributed by atoms with Crippen molar-refractivity contribution in [1.82, 2.24) is 14.8 Å². The second kappa shape index (κ2) is 4.39. The molecule has 0 saturated carbocycles. The van der Waals surface area contributed by atoms with Gasteiger partial charge in [-0.05, 0) is 34.1 Å².